The highest BCUT2D eigenvalue weighted by Gasteiger charge is 2.63. The van der Waals surface area contributed by atoms with Crippen molar-refractivity contribution in [2.24, 2.45) is 5.10 Å². The number of halogens is 3. The summed E-state index contributed by atoms with van der Waals surface area (Å²) in [5.41, 5.74) is -1.74. The summed E-state index contributed by atoms with van der Waals surface area (Å²) in [7, 11) is 1.40. The lowest BCUT2D eigenvalue weighted by Gasteiger charge is -2.32. The lowest BCUT2D eigenvalue weighted by atomic mass is 9.99. The van der Waals surface area contributed by atoms with Crippen molar-refractivity contribution in [2.45, 2.75) is 31.7 Å². The molecular weight excluding hydrogens is 373 g/mol. The van der Waals surface area contributed by atoms with E-state index in [-0.39, 0.29) is 10.7 Å². The van der Waals surface area contributed by atoms with Crippen LogP contribution in [0.2, 0.25) is 0 Å². The Balaban J connectivity index is 1.97. The molecule has 3 rings (SSSR count). The number of rotatable bonds is 4. The van der Waals surface area contributed by atoms with Gasteiger partial charge in [-0.05, 0) is 18.6 Å². The Morgan fingerprint density at radius 2 is 1.96 bits per heavy atom. The van der Waals surface area contributed by atoms with E-state index in [1.54, 1.807) is 55.5 Å². The number of hydrazone groups is 1. The first-order chi connectivity index (χ1) is 13.2. The zero-order chi connectivity index (χ0) is 20.5. The van der Waals surface area contributed by atoms with Gasteiger partial charge in [0.2, 0.25) is 5.91 Å². The number of ether oxygens (including phenoxy) is 1. The lowest BCUT2D eigenvalue weighted by molar-refractivity contribution is -0.302. The fourth-order valence-electron chi connectivity index (χ4n) is 3.10. The van der Waals surface area contributed by atoms with E-state index < -0.39 is 30.7 Å². The number of carbonyl (C=O) groups is 1. The molecule has 1 aliphatic heterocycles. The number of alkyl halides is 3. The number of para-hydroxylation sites is 1. The van der Waals surface area contributed by atoms with Gasteiger partial charge in [0.1, 0.15) is 5.75 Å². The molecule has 0 saturated heterocycles. The molecule has 0 radical (unpaired) electrons. The molecule has 148 valence electrons. The van der Waals surface area contributed by atoms with E-state index in [9.17, 15) is 23.1 Å². The molecule has 0 bridgehead atoms. The summed E-state index contributed by atoms with van der Waals surface area (Å²) in [5, 5.41) is 14.4. The number of hydrogen-bond donors (Lipinski definition) is 1. The summed E-state index contributed by atoms with van der Waals surface area (Å²) in [6.45, 7) is 1.79. The zero-order valence-electron chi connectivity index (χ0n) is 15.3. The first-order valence-electron chi connectivity index (χ1n) is 8.54. The molecule has 0 aromatic heterocycles. The third-order valence-electron chi connectivity index (χ3n) is 4.56. The van der Waals surface area contributed by atoms with Crippen LogP contribution in [0.3, 0.4) is 0 Å². The minimum atomic E-state index is -5.07. The topological polar surface area (TPSA) is 62.1 Å². The van der Waals surface area contributed by atoms with E-state index in [1.165, 1.54) is 7.11 Å². The van der Waals surface area contributed by atoms with Crippen LogP contribution in [-0.2, 0) is 11.2 Å². The van der Waals surface area contributed by atoms with E-state index in [1.807, 2.05) is 0 Å². The van der Waals surface area contributed by atoms with E-state index >= 15 is 0 Å². The molecule has 5 nitrogen and oxygen atoms in total. The molecule has 2 aromatic rings. The largest absolute Gasteiger partial charge is 0.496 e. The number of methoxy groups -OCH3 is 1. The molecule has 28 heavy (non-hydrogen) atoms. The average Bonchev–Trinajstić information content (AvgIpc) is 3.01. The standard InChI is InChI=1S/C20H19F3N2O3/c1-13-6-5-8-14(10-13)16-12-19(27,20(21,22)23)25(24-16)18(26)11-15-7-3-4-9-17(15)28-2/h3-10,27H,11-12H2,1-2H3. The summed E-state index contributed by atoms with van der Waals surface area (Å²) in [4.78, 5) is 12.7. The maximum Gasteiger partial charge on any atom is 0.438 e. The molecule has 0 saturated carbocycles. The molecular formula is C20H19F3N2O3. The average molecular weight is 392 g/mol. The van der Waals surface area contributed by atoms with Gasteiger partial charge in [-0.1, -0.05) is 48.0 Å². The van der Waals surface area contributed by atoms with Crippen molar-refractivity contribution in [2.75, 3.05) is 7.11 Å². The second-order valence-electron chi connectivity index (χ2n) is 6.60. The normalized spacial score (nSPS) is 19.5. The van der Waals surface area contributed by atoms with Gasteiger partial charge in [-0.2, -0.15) is 23.3 Å². The number of carbonyl (C=O) groups excluding carboxylic acids is 1. The fourth-order valence-corrected chi connectivity index (χ4v) is 3.10. The van der Waals surface area contributed by atoms with Crippen LogP contribution in [0.15, 0.2) is 53.6 Å². The molecule has 0 aliphatic carbocycles. The SMILES string of the molecule is COc1ccccc1CC(=O)N1N=C(c2cccc(C)c2)CC1(O)C(F)(F)F. The summed E-state index contributed by atoms with van der Waals surface area (Å²) in [5.74, 6) is -0.611. The van der Waals surface area contributed by atoms with Gasteiger partial charge in [-0.3, -0.25) is 4.79 Å². The molecule has 1 heterocycles. The molecule has 2 aromatic carbocycles. The second-order valence-corrected chi connectivity index (χ2v) is 6.60. The van der Waals surface area contributed by atoms with Crippen LogP contribution in [0.5, 0.6) is 5.75 Å². The number of aliphatic hydroxyl groups is 1. The maximum atomic E-state index is 13.7. The smallest absolute Gasteiger partial charge is 0.438 e. The van der Waals surface area contributed by atoms with Crippen molar-refractivity contribution in [1.29, 1.82) is 0 Å². The molecule has 1 amide bonds. The van der Waals surface area contributed by atoms with Gasteiger partial charge in [0.25, 0.3) is 5.72 Å². The van der Waals surface area contributed by atoms with Gasteiger partial charge in [-0.15, -0.1) is 0 Å². The molecule has 1 atom stereocenters. The van der Waals surface area contributed by atoms with Crippen molar-refractivity contribution in [3.63, 3.8) is 0 Å². The van der Waals surface area contributed by atoms with Crippen LogP contribution >= 0.6 is 0 Å². The molecule has 1 aliphatic rings. The molecule has 1 unspecified atom stereocenters. The summed E-state index contributed by atoms with van der Waals surface area (Å²) in [6.07, 6.45) is -6.30. The highest BCUT2D eigenvalue weighted by molar-refractivity contribution is 6.03. The Morgan fingerprint density at radius 3 is 2.61 bits per heavy atom. The van der Waals surface area contributed by atoms with Crippen LogP contribution in [0.25, 0.3) is 0 Å². The van der Waals surface area contributed by atoms with Crippen LogP contribution in [-0.4, -0.2) is 40.7 Å². The van der Waals surface area contributed by atoms with E-state index in [0.717, 1.165) is 5.56 Å². The number of aryl methyl sites for hydroxylation is 1. The molecule has 8 heteroatoms. The van der Waals surface area contributed by atoms with Gasteiger partial charge in [-0.25, -0.2) is 0 Å². The quantitative estimate of drug-likeness (QED) is 0.867. The Labute approximate surface area is 160 Å². The predicted molar refractivity (Wildman–Crippen MR) is 96.9 cm³/mol. The molecule has 0 spiro atoms. The fraction of sp³-hybridized carbons (Fsp3) is 0.300. The lowest BCUT2D eigenvalue weighted by Crippen LogP contribution is -2.57. The Morgan fingerprint density at radius 1 is 1.25 bits per heavy atom. The van der Waals surface area contributed by atoms with Gasteiger partial charge >= 0.3 is 6.18 Å². The number of benzene rings is 2. The minimum absolute atomic E-state index is 0.00287. The van der Waals surface area contributed by atoms with Crippen molar-refractivity contribution >= 4 is 11.6 Å². The highest BCUT2D eigenvalue weighted by atomic mass is 19.4. The Bertz CT molecular complexity index is 927. The number of hydrogen-bond acceptors (Lipinski definition) is 4. The Hall–Kier alpha value is -2.87. The minimum Gasteiger partial charge on any atom is -0.496 e. The monoisotopic (exact) mass is 392 g/mol. The van der Waals surface area contributed by atoms with Gasteiger partial charge in [0.05, 0.1) is 25.7 Å². The van der Waals surface area contributed by atoms with Crippen LogP contribution in [0, 0.1) is 6.92 Å². The number of amides is 1. The predicted octanol–water partition coefficient (Wildman–Crippen LogP) is 3.43. The molecule has 0 fully saturated rings. The van der Waals surface area contributed by atoms with Gasteiger partial charge in [0, 0.05) is 5.56 Å². The highest BCUT2D eigenvalue weighted by Crippen LogP contribution is 2.41. The van der Waals surface area contributed by atoms with Crippen molar-refractivity contribution in [3.8, 4) is 5.75 Å². The number of nitrogens with zero attached hydrogens (tertiary/aromatic N) is 2. The Kier molecular flexibility index (Phi) is 5.16. The van der Waals surface area contributed by atoms with Crippen LogP contribution < -0.4 is 4.74 Å². The second kappa shape index (κ2) is 7.27. The van der Waals surface area contributed by atoms with Crippen LogP contribution in [0.1, 0.15) is 23.1 Å². The maximum absolute atomic E-state index is 13.7. The van der Waals surface area contributed by atoms with Gasteiger partial charge < -0.3 is 9.84 Å². The molecule has 1 N–H and O–H groups in total. The third-order valence-corrected chi connectivity index (χ3v) is 4.56. The van der Waals surface area contributed by atoms with Crippen LogP contribution in [0.4, 0.5) is 13.2 Å². The van der Waals surface area contributed by atoms with Crippen molar-refractivity contribution in [3.05, 3.63) is 65.2 Å². The first-order valence-corrected chi connectivity index (χ1v) is 8.54. The van der Waals surface area contributed by atoms with Gasteiger partial charge in [0.15, 0.2) is 0 Å². The van der Waals surface area contributed by atoms with Crippen molar-refractivity contribution < 1.29 is 27.8 Å². The first kappa shape index (κ1) is 19.9. The van der Waals surface area contributed by atoms with Crippen molar-refractivity contribution in [1.82, 2.24) is 5.01 Å². The van der Waals surface area contributed by atoms with E-state index in [0.29, 0.717) is 16.9 Å². The van der Waals surface area contributed by atoms with E-state index in [2.05, 4.69) is 5.10 Å². The zero-order valence-corrected chi connectivity index (χ0v) is 15.3. The third kappa shape index (κ3) is 3.60. The summed E-state index contributed by atoms with van der Waals surface area (Å²) >= 11 is 0. The van der Waals surface area contributed by atoms with E-state index in [4.69, 9.17) is 4.74 Å². The summed E-state index contributed by atoms with van der Waals surface area (Å²) in [6, 6.07) is 13.2. The summed E-state index contributed by atoms with van der Waals surface area (Å²) < 4.78 is 46.1.